The van der Waals surface area contributed by atoms with Gasteiger partial charge in [-0.05, 0) is 48.1 Å². The Kier molecular flexibility index (Phi) is 4.19. The third-order valence-electron chi connectivity index (χ3n) is 5.35. The molecule has 0 radical (unpaired) electrons. The molecular weight excluding hydrogens is 292 g/mol. The van der Waals surface area contributed by atoms with Gasteiger partial charge in [-0.2, -0.15) is 5.26 Å². The molecule has 24 heavy (non-hydrogen) atoms. The van der Waals surface area contributed by atoms with Gasteiger partial charge >= 0.3 is 0 Å². The summed E-state index contributed by atoms with van der Waals surface area (Å²) >= 11 is 0. The molecule has 2 aromatic rings. The predicted molar refractivity (Wildman–Crippen MR) is 97.2 cm³/mol. The first-order chi connectivity index (χ1) is 11.8. The normalized spacial score (nSPS) is 23.4. The minimum atomic E-state index is 0.526. The number of nitriles is 1. The summed E-state index contributed by atoms with van der Waals surface area (Å²) < 4.78 is 0. The molecule has 2 unspecified atom stereocenters. The average molecular weight is 314 g/mol. The summed E-state index contributed by atoms with van der Waals surface area (Å²) in [6, 6.07) is 22.3. The van der Waals surface area contributed by atoms with Crippen molar-refractivity contribution in [3.63, 3.8) is 0 Å². The average Bonchev–Trinajstić information content (AvgIpc) is 2.62. The van der Waals surface area contributed by atoms with Crippen LogP contribution in [0.3, 0.4) is 0 Å². The number of nitrogens with zero attached hydrogens (tertiary/aromatic N) is 2. The topological polar surface area (TPSA) is 27.0 Å². The largest absolute Gasteiger partial charge is 0.289 e. The third-order valence-corrected chi connectivity index (χ3v) is 5.35. The number of hydrogen-bond donors (Lipinski definition) is 0. The summed E-state index contributed by atoms with van der Waals surface area (Å²) in [5, 5.41) is 9.15. The van der Waals surface area contributed by atoms with Crippen molar-refractivity contribution in [1.82, 2.24) is 4.90 Å². The SMILES string of the molecule is N#Cc1cccc(C2=CC3CCCC(C2)N3Cc2ccccc2)c1. The molecule has 0 spiro atoms. The van der Waals surface area contributed by atoms with Crippen molar-refractivity contribution >= 4 is 5.57 Å². The predicted octanol–water partition coefficient (Wildman–Crippen LogP) is 4.77. The van der Waals surface area contributed by atoms with Gasteiger partial charge in [0, 0.05) is 18.6 Å². The minimum absolute atomic E-state index is 0.526. The minimum Gasteiger partial charge on any atom is -0.289 e. The van der Waals surface area contributed by atoms with Crippen molar-refractivity contribution in [3.8, 4) is 6.07 Å². The Morgan fingerprint density at radius 1 is 1.04 bits per heavy atom. The molecule has 0 aliphatic carbocycles. The first-order valence-corrected chi connectivity index (χ1v) is 8.84. The Bertz CT molecular complexity index is 785. The quantitative estimate of drug-likeness (QED) is 0.816. The van der Waals surface area contributed by atoms with Gasteiger partial charge in [-0.15, -0.1) is 0 Å². The van der Waals surface area contributed by atoms with Crippen LogP contribution in [0.25, 0.3) is 5.57 Å². The first-order valence-electron chi connectivity index (χ1n) is 8.84. The molecule has 120 valence electrons. The van der Waals surface area contributed by atoms with Crippen LogP contribution in [0.2, 0.25) is 0 Å². The van der Waals surface area contributed by atoms with E-state index in [0.29, 0.717) is 12.1 Å². The lowest BCUT2D eigenvalue weighted by Gasteiger charge is -2.45. The molecule has 2 heteroatoms. The van der Waals surface area contributed by atoms with Crippen LogP contribution in [0, 0.1) is 11.3 Å². The number of piperidine rings is 1. The van der Waals surface area contributed by atoms with Gasteiger partial charge in [0.25, 0.3) is 0 Å². The third kappa shape index (κ3) is 3.00. The van der Waals surface area contributed by atoms with Crippen molar-refractivity contribution in [2.75, 3.05) is 0 Å². The first kappa shape index (κ1) is 15.2. The number of fused-ring (bicyclic) bond motifs is 2. The van der Waals surface area contributed by atoms with E-state index in [1.54, 1.807) is 0 Å². The van der Waals surface area contributed by atoms with Crippen LogP contribution in [-0.2, 0) is 6.54 Å². The van der Waals surface area contributed by atoms with E-state index >= 15 is 0 Å². The molecule has 1 fully saturated rings. The van der Waals surface area contributed by atoms with Crippen molar-refractivity contribution in [2.45, 2.75) is 44.3 Å². The van der Waals surface area contributed by atoms with Crippen molar-refractivity contribution < 1.29 is 0 Å². The molecule has 0 saturated carbocycles. The summed E-state index contributed by atoms with van der Waals surface area (Å²) in [7, 11) is 0. The van der Waals surface area contributed by atoms with Gasteiger partial charge < -0.3 is 0 Å². The van der Waals surface area contributed by atoms with Gasteiger partial charge in [0.15, 0.2) is 0 Å². The van der Waals surface area contributed by atoms with Gasteiger partial charge in [0.2, 0.25) is 0 Å². The smallest absolute Gasteiger partial charge is 0.0991 e. The second-order valence-corrected chi connectivity index (χ2v) is 6.90. The lowest BCUT2D eigenvalue weighted by Crippen LogP contribution is -2.47. The van der Waals surface area contributed by atoms with Crippen LogP contribution in [0.5, 0.6) is 0 Å². The molecule has 2 nitrogen and oxygen atoms in total. The maximum absolute atomic E-state index is 9.15. The second-order valence-electron chi connectivity index (χ2n) is 6.90. The lowest BCUT2D eigenvalue weighted by molar-refractivity contribution is 0.0951. The van der Waals surface area contributed by atoms with E-state index in [9.17, 15) is 0 Å². The number of hydrogen-bond acceptors (Lipinski definition) is 2. The van der Waals surface area contributed by atoms with E-state index in [2.05, 4.69) is 53.4 Å². The van der Waals surface area contributed by atoms with Gasteiger partial charge in [-0.3, -0.25) is 4.90 Å². The van der Waals surface area contributed by atoms with Crippen molar-refractivity contribution in [1.29, 1.82) is 5.26 Å². The molecular formula is C22H22N2. The molecule has 2 bridgehead atoms. The van der Waals surface area contributed by atoms with Crippen molar-refractivity contribution in [2.24, 2.45) is 0 Å². The van der Waals surface area contributed by atoms with E-state index < -0.39 is 0 Å². The molecule has 4 rings (SSSR count). The molecule has 1 saturated heterocycles. The molecule has 0 amide bonds. The summed E-state index contributed by atoms with van der Waals surface area (Å²) in [6.45, 7) is 1.04. The van der Waals surface area contributed by atoms with Gasteiger partial charge in [-0.25, -0.2) is 0 Å². The highest BCUT2D eigenvalue weighted by atomic mass is 15.2. The summed E-state index contributed by atoms with van der Waals surface area (Å²) in [5.41, 5.74) is 4.81. The summed E-state index contributed by atoms with van der Waals surface area (Å²) in [5.74, 6) is 0. The molecule has 0 N–H and O–H groups in total. The van der Waals surface area contributed by atoms with E-state index in [4.69, 9.17) is 5.26 Å². The van der Waals surface area contributed by atoms with Crippen LogP contribution >= 0.6 is 0 Å². The van der Waals surface area contributed by atoms with Crippen LogP contribution in [-0.4, -0.2) is 17.0 Å². The van der Waals surface area contributed by atoms with Crippen LogP contribution in [0.4, 0.5) is 0 Å². The maximum Gasteiger partial charge on any atom is 0.0991 e. The maximum atomic E-state index is 9.15. The van der Waals surface area contributed by atoms with Gasteiger partial charge in [0.05, 0.1) is 11.6 Å². The monoisotopic (exact) mass is 314 g/mol. The highest BCUT2D eigenvalue weighted by Crippen LogP contribution is 2.38. The lowest BCUT2D eigenvalue weighted by atomic mass is 9.82. The molecule has 0 aromatic heterocycles. The fraction of sp³-hybridized carbons (Fsp3) is 0.318. The molecule has 2 aliphatic rings. The van der Waals surface area contributed by atoms with E-state index in [-0.39, 0.29) is 0 Å². The Morgan fingerprint density at radius 2 is 1.92 bits per heavy atom. The fourth-order valence-electron chi connectivity index (χ4n) is 4.16. The Hall–Kier alpha value is -2.37. The Morgan fingerprint density at radius 3 is 2.71 bits per heavy atom. The van der Waals surface area contributed by atoms with Gasteiger partial charge in [0.1, 0.15) is 0 Å². The van der Waals surface area contributed by atoms with Crippen molar-refractivity contribution in [3.05, 3.63) is 77.4 Å². The summed E-state index contributed by atoms with van der Waals surface area (Å²) in [4.78, 5) is 2.68. The zero-order valence-electron chi connectivity index (χ0n) is 13.9. The molecule has 2 atom stereocenters. The second kappa shape index (κ2) is 6.63. The zero-order chi connectivity index (χ0) is 16.4. The van der Waals surface area contributed by atoms with Gasteiger partial charge in [-0.1, -0.05) is 55.0 Å². The molecule has 2 heterocycles. The Balaban J connectivity index is 1.61. The van der Waals surface area contributed by atoms with Crippen LogP contribution in [0.15, 0.2) is 60.7 Å². The molecule has 2 aromatic carbocycles. The fourth-order valence-corrected chi connectivity index (χ4v) is 4.16. The standard InChI is InChI=1S/C22H22N2/c23-15-18-8-4-9-19(12-18)20-13-21-10-5-11-22(14-20)24(21)16-17-6-2-1-3-7-17/h1-4,6-9,12-13,21-22H,5,10-11,14,16H2. The highest BCUT2D eigenvalue weighted by molar-refractivity contribution is 5.68. The van der Waals surface area contributed by atoms with E-state index in [1.165, 1.54) is 36.0 Å². The van der Waals surface area contributed by atoms with E-state index in [0.717, 1.165) is 18.5 Å². The van der Waals surface area contributed by atoms with Crippen LogP contribution < -0.4 is 0 Å². The highest BCUT2D eigenvalue weighted by Gasteiger charge is 2.33. The Labute approximate surface area is 144 Å². The van der Waals surface area contributed by atoms with Crippen LogP contribution in [0.1, 0.15) is 42.4 Å². The zero-order valence-corrected chi connectivity index (χ0v) is 13.9. The van der Waals surface area contributed by atoms with E-state index in [1.807, 2.05) is 18.2 Å². The molecule has 2 aliphatic heterocycles. The number of rotatable bonds is 3. The summed E-state index contributed by atoms with van der Waals surface area (Å²) in [6.07, 6.45) is 7.39. The number of benzene rings is 2.